The number of furan rings is 1. The minimum absolute atomic E-state index is 0.151. The smallest absolute Gasteiger partial charge is 0.251 e. The Hall–Kier alpha value is -3.07. The number of aromatic nitrogens is 3. The molecule has 3 rings (SSSR count). The van der Waals surface area contributed by atoms with E-state index in [1.807, 2.05) is 38.3 Å². The maximum Gasteiger partial charge on any atom is 0.251 e. The van der Waals surface area contributed by atoms with Gasteiger partial charge < -0.3 is 15.1 Å². The highest BCUT2D eigenvalue weighted by Crippen LogP contribution is 2.24. The van der Waals surface area contributed by atoms with Gasteiger partial charge in [0.2, 0.25) is 5.91 Å². The minimum Gasteiger partial charge on any atom is -0.461 e. The van der Waals surface area contributed by atoms with Crippen LogP contribution in [-0.4, -0.2) is 37.9 Å². The zero-order chi connectivity index (χ0) is 21.7. The average molecular weight is 428 g/mol. The van der Waals surface area contributed by atoms with Crippen LogP contribution in [0.2, 0.25) is 0 Å². The molecule has 0 saturated heterocycles. The molecule has 0 aliphatic heterocycles. The fraction of sp³-hybridized carbons (Fsp3) is 0.333. The normalized spacial score (nSPS) is 11.3. The molecule has 0 aliphatic carbocycles. The van der Waals surface area contributed by atoms with E-state index >= 15 is 0 Å². The lowest BCUT2D eigenvalue weighted by Crippen LogP contribution is -2.40. The number of nitrogens with one attached hydrogen (secondary N) is 2. The molecule has 0 unspecified atom stereocenters. The fourth-order valence-electron chi connectivity index (χ4n) is 2.71. The molecule has 0 saturated carbocycles. The lowest BCUT2D eigenvalue weighted by atomic mass is 10.1. The number of carbonyl (C=O) groups is 2. The first-order valence-corrected chi connectivity index (χ1v) is 10.6. The van der Waals surface area contributed by atoms with Crippen molar-refractivity contribution >= 4 is 29.3 Å². The number of anilines is 1. The Morgan fingerprint density at radius 2 is 1.87 bits per heavy atom. The number of carbonyl (C=O) groups excluding carboxylic acids is 2. The zero-order valence-electron chi connectivity index (χ0n) is 17.4. The molecule has 2 amide bonds. The predicted molar refractivity (Wildman–Crippen MR) is 116 cm³/mol. The molecule has 9 heteroatoms. The third kappa shape index (κ3) is 5.50. The Kier molecular flexibility index (Phi) is 6.61. The molecule has 2 N–H and O–H groups in total. The lowest BCUT2D eigenvalue weighted by molar-refractivity contribution is -0.113. The first kappa shape index (κ1) is 21.6. The van der Waals surface area contributed by atoms with Crippen LogP contribution < -0.4 is 10.6 Å². The van der Waals surface area contributed by atoms with Gasteiger partial charge in [0.05, 0.1) is 12.0 Å². The van der Waals surface area contributed by atoms with Crippen LogP contribution in [0.4, 0.5) is 5.69 Å². The fourth-order valence-corrected chi connectivity index (χ4v) is 3.52. The molecule has 8 nitrogen and oxygen atoms in total. The van der Waals surface area contributed by atoms with Gasteiger partial charge in [-0.2, -0.15) is 0 Å². The standard InChI is InChI=1S/C21H25N5O3S/c1-5-26-18(16-7-6-12-29-16)24-25-20(26)30-13-17(27)22-15-10-8-14(9-11-15)19(28)23-21(2,3)4/h6-12H,5,13H2,1-4H3,(H,22,27)(H,23,28). The number of nitrogens with zero attached hydrogens (tertiary/aromatic N) is 3. The number of hydrogen-bond acceptors (Lipinski definition) is 6. The topological polar surface area (TPSA) is 102 Å². The van der Waals surface area contributed by atoms with Gasteiger partial charge in [-0.1, -0.05) is 11.8 Å². The van der Waals surface area contributed by atoms with E-state index in [0.717, 1.165) is 0 Å². The summed E-state index contributed by atoms with van der Waals surface area (Å²) in [5.41, 5.74) is 0.858. The number of amides is 2. The van der Waals surface area contributed by atoms with Crippen molar-refractivity contribution in [1.29, 1.82) is 0 Å². The summed E-state index contributed by atoms with van der Waals surface area (Å²) in [4.78, 5) is 24.5. The van der Waals surface area contributed by atoms with Gasteiger partial charge in [-0.25, -0.2) is 0 Å². The Balaban J connectivity index is 1.57. The minimum atomic E-state index is -0.308. The van der Waals surface area contributed by atoms with Crippen LogP contribution in [0.3, 0.4) is 0 Å². The number of rotatable bonds is 7. The SMILES string of the molecule is CCn1c(SCC(=O)Nc2ccc(C(=O)NC(C)(C)C)cc2)nnc1-c1ccco1. The van der Waals surface area contributed by atoms with Crippen molar-refractivity contribution in [2.45, 2.75) is 44.9 Å². The van der Waals surface area contributed by atoms with Crippen molar-refractivity contribution < 1.29 is 14.0 Å². The summed E-state index contributed by atoms with van der Waals surface area (Å²) >= 11 is 1.30. The van der Waals surface area contributed by atoms with Crippen molar-refractivity contribution in [2.75, 3.05) is 11.1 Å². The van der Waals surface area contributed by atoms with Crippen LogP contribution in [0, 0.1) is 0 Å². The molecular weight excluding hydrogens is 402 g/mol. The van der Waals surface area contributed by atoms with E-state index in [9.17, 15) is 9.59 Å². The maximum absolute atomic E-state index is 12.3. The van der Waals surface area contributed by atoms with E-state index in [2.05, 4.69) is 20.8 Å². The highest BCUT2D eigenvalue weighted by molar-refractivity contribution is 7.99. The highest BCUT2D eigenvalue weighted by Gasteiger charge is 2.17. The van der Waals surface area contributed by atoms with Gasteiger partial charge in [-0.15, -0.1) is 10.2 Å². The first-order chi connectivity index (χ1) is 14.3. The molecule has 3 aromatic rings. The molecule has 2 aromatic heterocycles. The number of benzene rings is 1. The monoisotopic (exact) mass is 427 g/mol. The molecule has 1 aromatic carbocycles. The molecule has 2 heterocycles. The number of thioether (sulfide) groups is 1. The van der Waals surface area contributed by atoms with Gasteiger partial charge >= 0.3 is 0 Å². The van der Waals surface area contributed by atoms with Gasteiger partial charge in [-0.3, -0.25) is 14.2 Å². The third-order valence-corrected chi connectivity index (χ3v) is 4.99. The van der Waals surface area contributed by atoms with Crippen molar-refractivity contribution in [3.05, 3.63) is 48.2 Å². The van der Waals surface area contributed by atoms with Crippen molar-refractivity contribution in [1.82, 2.24) is 20.1 Å². The summed E-state index contributed by atoms with van der Waals surface area (Å²) < 4.78 is 7.29. The molecule has 158 valence electrons. The maximum atomic E-state index is 12.3. The summed E-state index contributed by atoms with van der Waals surface area (Å²) in [7, 11) is 0. The Morgan fingerprint density at radius 3 is 2.47 bits per heavy atom. The molecular formula is C21H25N5O3S. The summed E-state index contributed by atoms with van der Waals surface area (Å²) in [5.74, 6) is 1.13. The molecule has 0 aliphatic rings. The average Bonchev–Trinajstić information content (AvgIpc) is 3.34. The van der Waals surface area contributed by atoms with Gasteiger partial charge in [0.15, 0.2) is 16.7 Å². The van der Waals surface area contributed by atoms with E-state index in [1.165, 1.54) is 11.8 Å². The van der Waals surface area contributed by atoms with Crippen LogP contribution in [0.5, 0.6) is 0 Å². The van der Waals surface area contributed by atoms with E-state index in [4.69, 9.17) is 4.42 Å². The second-order valence-electron chi connectivity index (χ2n) is 7.65. The first-order valence-electron chi connectivity index (χ1n) is 9.59. The Bertz CT molecular complexity index is 1000. The van der Waals surface area contributed by atoms with Crippen LogP contribution >= 0.6 is 11.8 Å². The molecule has 0 fully saturated rings. The largest absolute Gasteiger partial charge is 0.461 e. The van der Waals surface area contributed by atoms with E-state index in [-0.39, 0.29) is 23.1 Å². The van der Waals surface area contributed by atoms with E-state index in [0.29, 0.717) is 34.5 Å². The second-order valence-corrected chi connectivity index (χ2v) is 8.59. The van der Waals surface area contributed by atoms with Crippen molar-refractivity contribution in [3.8, 4) is 11.6 Å². The van der Waals surface area contributed by atoms with E-state index < -0.39 is 0 Å². The van der Waals surface area contributed by atoms with Crippen molar-refractivity contribution in [3.63, 3.8) is 0 Å². The number of hydrogen-bond donors (Lipinski definition) is 2. The zero-order valence-corrected chi connectivity index (χ0v) is 18.2. The molecule has 0 bridgehead atoms. The molecule has 0 spiro atoms. The summed E-state index contributed by atoms with van der Waals surface area (Å²) in [6.45, 7) is 8.42. The predicted octanol–water partition coefficient (Wildman–Crippen LogP) is 3.82. The van der Waals surface area contributed by atoms with Gasteiger partial charge in [0.25, 0.3) is 5.91 Å². The summed E-state index contributed by atoms with van der Waals surface area (Å²) in [6, 6.07) is 10.4. The van der Waals surface area contributed by atoms with Crippen LogP contribution in [0.25, 0.3) is 11.6 Å². The Morgan fingerprint density at radius 1 is 1.13 bits per heavy atom. The molecule has 30 heavy (non-hydrogen) atoms. The van der Waals surface area contributed by atoms with Crippen LogP contribution in [0.15, 0.2) is 52.2 Å². The van der Waals surface area contributed by atoms with Crippen molar-refractivity contribution in [2.24, 2.45) is 0 Å². The van der Waals surface area contributed by atoms with Crippen LogP contribution in [-0.2, 0) is 11.3 Å². The quantitative estimate of drug-likeness (QED) is 0.556. The van der Waals surface area contributed by atoms with Crippen LogP contribution in [0.1, 0.15) is 38.1 Å². The lowest BCUT2D eigenvalue weighted by Gasteiger charge is -2.20. The second kappa shape index (κ2) is 9.17. The molecule has 0 atom stereocenters. The van der Waals surface area contributed by atoms with Gasteiger partial charge in [0.1, 0.15) is 0 Å². The molecule has 0 radical (unpaired) electrons. The van der Waals surface area contributed by atoms with Gasteiger partial charge in [-0.05, 0) is 64.1 Å². The highest BCUT2D eigenvalue weighted by atomic mass is 32.2. The van der Waals surface area contributed by atoms with E-state index in [1.54, 1.807) is 36.6 Å². The third-order valence-electron chi connectivity index (χ3n) is 4.03. The Labute approximate surface area is 179 Å². The van der Waals surface area contributed by atoms with Gasteiger partial charge in [0, 0.05) is 23.3 Å². The summed E-state index contributed by atoms with van der Waals surface area (Å²) in [5, 5.41) is 14.7. The summed E-state index contributed by atoms with van der Waals surface area (Å²) in [6.07, 6.45) is 1.59.